The van der Waals surface area contributed by atoms with Gasteiger partial charge in [0.1, 0.15) is 12.1 Å². The van der Waals surface area contributed by atoms with Gasteiger partial charge < -0.3 is 10.4 Å². The first-order chi connectivity index (χ1) is 12.6. The molecule has 8 heteroatoms. The van der Waals surface area contributed by atoms with E-state index in [1.54, 1.807) is 29.5 Å². The van der Waals surface area contributed by atoms with Crippen molar-refractivity contribution in [3.05, 3.63) is 36.7 Å². The molecule has 136 valence electrons. The second kappa shape index (κ2) is 6.87. The van der Waals surface area contributed by atoms with Crippen LogP contribution in [0.15, 0.2) is 31.0 Å². The fourth-order valence-electron chi connectivity index (χ4n) is 3.63. The Labute approximate surface area is 150 Å². The molecule has 0 aliphatic heterocycles. The lowest BCUT2D eigenvalue weighted by molar-refractivity contribution is 0.0830. The van der Waals surface area contributed by atoms with Crippen molar-refractivity contribution in [2.24, 2.45) is 5.92 Å². The van der Waals surface area contributed by atoms with Gasteiger partial charge in [-0.25, -0.2) is 9.97 Å². The number of H-pyrrole nitrogens is 1. The van der Waals surface area contributed by atoms with Crippen LogP contribution in [0.2, 0.25) is 0 Å². The molecule has 1 amide bonds. The van der Waals surface area contributed by atoms with E-state index in [1.165, 1.54) is 0 Å². The first-order valence-corrected chi connectivity index (χ1v) is 8.93. The van der Waals surface area contributed by atoms with Crippen LogP contribution in [0.5, 0.6) is 0 Å². The first-order valence-electron chi connectivity index (χ1n) is 8.93. The Kier molecular flexibility index (Phi) is 4.42. The monoisotopic (exact) mass is 354 g/mol. The Morgan fingerprint density at radius 1 is 1.38 bits per heavy atom. The standard InChI is InChI=1S/C18H22N6O2/c1-11(25)12-2-4-14(5-3-12)21-18(26)17-16-13(9-20-23-16)8-15(22-17)24-7-6-19-10-24/h6-12,14,25H,2-5H2,1H3,(H,20,23)(H,21,26)/t11-,12-,14-/m1/s1. The molecule has 0 bridgehead atoms. The third-order valence-corrected chi connectivity index (χ3v) is 5.19. The van der Waals surface area contributed by atoms with Crippen LogP contribution in [0.1, 0.15) is 43.1 Å². The molecular formula is C18H22N6O2. The van der Waals surface area contributed by atoms with Crippen molar-refractivity contribution < 1.29 is 9.90 Å². The molecule has 0 aromatic carbocycles. The molecule has 3 aromatic rings. The molecule has 3 heterocycles. The largest absolute Gasteiger partial charge is 0.393 e. The molecule has 0 saturated heterocycles. The minimum Gasteiger partial charge on any atom is -0.393 e. The number of aromatic amines is 1. The number of carbonyl (C=O) groups is 1. The highest BCUT2D eigenvalue weighted by Gasteiger charge is 2.26. The van der Waals surface area contributed by atoms with Gasteiger partial charge in [-0.05, 0) is 44.6 Å². The molecule has 3 aromatic heterocycles. The van der Waals surface area contributed by atoms with Crippen molar-refractivity contribution in [3.8, 4) is 5.82 Å². The summed E-state index contributed by atoms with van der Waals surface area (Å²) in [5.41, 5.74) is 0.963. The van der Waals surface area contributed by atoms with Crippen molar-refractivity contribution in [3.63, 3.8) is 0 Å². The number of aromatic nitrogens is 5. The Balaban J connectivity index is 1.56. The minimum atomic E-state index is -0.287. The number of amides is 1. The van der Waals surface area contributed by atoms with Gasteiger partial charge >= 0.3 is 0 Å². The lowest BCUT2D eigenvalue weighted by Gasteiger charge is -2.30. The molecule has 0 unspecified atom stereocenters. The van der Waals surface area contributed by atoms with Crippen LogP contribution >= 0.6 is 0 Å². The zero-order valence-electron chi connectivity index (χ0n) is 14.6. The van der Waals surface area contributed by atoms with Crippen molar-refractivity contribution in [2.45, 2.75) is 44.8 Å². The molecule has 1 atom stereocenters. The van der Waals surface area contributed by atoms with E-state index < -0.39 is 0 Å². The van der Waals surface area contributed by atoms with Crippen LogP contribution in [0.25, 0.3) is 16.7 Å². The van der Waals surface area contributed by atoms with Gasteiger partial charge in [0.2, 0.25) is 0 Å². The first kappa shape index (κ1) is 16.7. The SMILES string of the molecule is C[C@@H](O)[C@H]1CC[C@H](NC(=O)c2nc(-n3ccnc3)cc3cn[nH]c23)CC1. The lowest BCUT2D eigenvalue weighted by atomic mass is 9.83. The van der Waals surface area contributed by atoms with Gasteiger partial charge in [-0.3, -0.25) is 14.5 Å². The van der Waals surface area contributed by atoms with Gasteiger partial charge in [-0.2, -0.15) is 5.10 Å². The second-order valence-electron chi connectivity index (χ2n) is 6.96. The fraction of sp³-hybridized carbons (Fsp3) is 0.444. The number of aliphatic hydroxyl groups excluding tert-OH is 1. The van der Waals surface area contributed by atoms with E-state index in [0.29, 0.717) is 22.9 Å². The number of imidazole rings is 1. The van der Waals surface area contributed by atoms with E-state index in [4.69, 9.17) is 0 Å². The van der Waals surface area contributed by atoms with Gasteiger partial charge in [-0.1, -0.05) is 0 Å². The van der Waals surface area contributed by atoms with E-state index in [0.717, 1.165) is 31.1 Å². The van der Waals surface area contributed by atoms with Crippen molar-refractivity contribution >= 4 is 16.8 Å². The molecular weight excluding hydrogens is 332 g/mol. The van der Waals surface area contributed by atoms with Crippen molar-refractivity contribution in [1.82, 2.24) is 30.0 Å². The molecule has 1 fully saturated rings. The van der Waals surface area contributed by atoms with Crippen molar-refractivity contribution in [1.29, 1.82) is 0 Å². The third-order valence-electron chi connectivity index (χ3n) is 5.19. The summed E-state index contributed by atoms with van der Waals surface area (Å²) in [6.07, 6.45) is 10.1. The maximum absolute atomic E-state index is 12.9. The number of hydrogen-bond donors (Lipinski definition) is 3. The molecule has 26 heavy (non-hydrogen) atoms. The lowest BCUT2D eigenvalue weighted by Crippen LogP contribution is -2.39. The number of aliphatic hydroxyl groups is 1. The summed E-state index contributed by atoms with van der Waals surface area (Å²) >= 11 is 0. The summed E-state index contributed by atoms with van der Waals surface area (Å²) in [7, 11) is 0. The third kappa shape index (κ3) is 3.20. The highest BCUT2D eigenvalue weighted by atomic mass is 16.3. The zero-order chi connectivity index (χ0) is 18.1. The van der Waals surface area contributed by atoms with Gasteiger partial charge in [0.05, 0.1) is 17.8 Å². The van der Waals surface area contributed by atoms with Crippen LogP contribution < -0.4 is 5.32 Å². The average Bonchev–Trinajstić information content (AvgIpc) is 3.32. The van der Waals surface area contributed by atoms with Gasteiger partial charge in [-0.15, -0.1) is 0 Å². The number of pyridine rings is 1. The topological polar surface area (TPSA) is 109 Å². The summed E-state index contributed by atoms with van der Waals surface area (Å²) in [5.74, 6) is 0.742. The van der Waals surface area contributed by atoms with Crippen molar-refractivity contribution in [2.75, 3.05) is 0 Å². The summed E-state index contributed by atoms with van der Waals surface area (Å²) < 4.78 is 1.76. The van der Waals surface area contributed by atoms with E-state index in [2.05, 4.69) is 25.5 Å². The number of nitrogens with zero attached hydrogens (tertiary/aromatic N) is 4. The summed E-state index contributed by atoms with van der Waals surface area (Å²) in [4.78, 5) is 21.4. The smallest absolute Gasteiger partial charge is 0.272 e. The van der Waals surface area contributed by atoms with Crippen LogP contribution in [0, 0.1) is 5.92 Å². The summed E-state index contributed by atoms with van der Waals surface area (Å²) in [6, 6.07) is 1.97. The Hall–Kier alpha value is -2.74. The molecule has 1 aliphatic rings. The Bertz CT molecular complexity index is 894. The summed E-state index contributed by atoms with van der Waals surface area (Å²) in [6.45, 7) is 1.84. The van der Waals surface area contributed by atoms with Gasteiger partial charge in [0, 0.05) is 23.8 Å². The number of rotatable bonds is 4. The van der Waals surface area contributed by atoms with Gasteiger partial charge in [0.25, 0.3) is 5.91 Å². The minimum absolute atomic E-state index is 0.106. The highest BCUT2D eigenvalue weighted by Crippen LogP contribution is 2.27. The van der Waals surface area contributed by atoms with E-state index in [9.17, 15) is 9.90 Å². The Morgan fingerprint density at radius 3 is 2.88 bits per heavy atom. The number of hydrogen-bond acceptors (Lipinski definition) is 5. The molecule has 1 aliphatic carbocycles. The predicted octanol–water partition coefficient (Wildman–Crippen LogP) is 1.81. The number of carbonyl (C=O) groups excluding carboxylic acids is 1. The van der Waals surface area contributed by atoms with Crippen LogP contribution in [-0.2, 0) is 0 Å². The van der Waals surface area contributed by atoms with Crippen LogP contribution in [0.3, 0.4) is 0 Å². The summed E-state index contributed by atoms with van der Waals surface area (Å²) in [5, 5.41) is 20.6. The van der Waals surface area contributed by atoms with E-state index in [-0.39, 0.29) is 18.1 Å². The quantitative estimate of drug-likeness (QED) is 0.662. The van der Waals surface area contributed by atoms with E-state index >= 15 is 0 Å². The molecule has 3 N–H and O–H groups in total. The zero-order valence-corrected chi connectivity index (χ0v) is 14.6. The fourth-order valence-corrected chi connectivity index (χ4v) is 3.63. The molecule has 0 spiro atoms. The number of fused-ring (bicyclic) bond motifs is 1. The molecule has 4 rings (SSSR count). The Morgan fingerprint density at radius 2 is 2.19 bits per heavy atom. The molecule has 8 nitrogen and oxygen atoms in total. The normalized spacial score (nSPS) is 21.6. The van der Waals surface area contributed by atoms with Crippen LogP contribution in [0.4, 0.5) is 0 Å². The van der Waals surface area contributed by atoms with E-state index in [1.807, 2.05) is 13.0 Å². The van der Waals surface area contributed by atoms with Gasteiger partial charge in [0.15, 0.2) is 5.69 Å². The average molecular weight is 354 g/mol. The number of nitrogens with one attached hydrogen (secondary N) is 2. The van der Waals surface area contributed by atoms with Crippen LogP contribution in [-0.4, -0.2) is 47.9 Å². The molecule has 1 saturated carbocycles. The highest BCUT2D eigenvalue weighted by molar-refractivity contribution is 6.04. The second-order valence-corrected chi connectivity index (χ2v) is 6.96. The molecule has 0 radical (unpaired) electrons. The predicted molar refractivity (Wildman–Crippen MR) is 95.9 cm³/mol. The maximum atomic E-state index is 12.9. The maximum Gasteiger partial charge on any atom is 0.272 e.